The lowest BCUT2D eigenvalue weighted by Crippen LogP contribution is -2.33. The highest BCUT2D eigenvalue weighted by Crippen LogP contribution is 2.26. The lowest BCUT2D eigenvalue weighted by Gasteiger charge is -2.29. The number of hydrogen-bond donors (Lipinski definition) is 1. The standard InChI is InChI=1S/C18H24N4O2/c1-13-5-3-8-17(9-13)24-14(2)18(23)21-15-6-4-7-16(10-15)22-11-19-20-12-22/h4,6-7,10-14,17H,3,5,8-9H2,1-2H3,(H,21,23). The summed E-state index contributed by atoms with van der Waals surface area (Å²) >= 11 is 0. The van der Waals surface area contributed by atoms with Gasteiger partial charge in [0.2, 0.25) is 0 Å². The fraction of sp³-hybridized carbons (Fsp3) is 0.500. The first-order valence-corrected chi connectivity index (χ1v) is 8.53. The van der Waals surface area contributed by atoms with Crippen molar-refractivity contribution < 1.29 is 9.53 Å². The second-order valence-electron chi connectivity index (χ2n) is 6.58. The van der Waals surface area contributed by atoms with Crippen LogP contribution in [0.15, 0.2) is 36.9 Å². The van der Waals surface area contributed by atoms with Gasteiger partial charge in [-0.15, -0.1) is 10.2 Å². The average molecular weight is 328 g/mol. The Hall–Kier alpha value is -2.21. The van der Waals surface area contributed by atoms with Crippen molar-refractivity contribution in [3.8, 4) is 5.69 Å². The molecule has 1 fully saturated rings. The summed E-state index contributed by atoms with van der Waals surface area (Å²) in [7, 11) is 0. The van der Waals surface area contributed by atoms with E-state index < -0.39 is 6.10 Å². The van der Waals surface area contributed by atoms with Crippen molar-refractivity contribution in [1.29, 1.82) is 0 Å². The minimum atomic E-state index is -0.459. The molecule has 1 aromatic carbocycles. The predicted octanol–water partition coefficient (Wildman–Crippen LogP) is 3.19. The Kier molecular flexibility index (Phi) is 5.25. The smallest absolute Gasteiger partial charge is 0.253 e. The second-order valence-corrected chi connectivity index (χ2v) is 6.58. The molecule has 1 heterocycles. The van der Waals surface area contributed by atoms with E-state index in [4.69, 9.17) is 4.74 Å². The molecule has 0 radical (unpaired) electrons. The van der Waals surface area contributed by atoms with E-state index in [1.165, 1.54) is 12.8 Å². The van der Waals surface area contributed by atoms with Crippen molar-refractivity contribution >= 4 is 11.6 Å². The van der Waals surface area contributed by atoms with Gasteiger partial charge in [0.25, 0.3) is 5.91 Å². The highest BCUT2D eigenvalue weighted by Gasteiger charge is 2.24. The molecular formula is C18H24N4O2. The minimum Gasteiger partial charge on any atom is -0.365 e. The zero-order valence-electron chi connectivity index (χ0n) is 14.2. The topological polar surface area (TPSA) is 69.0 Å². The van der Waals surface area contributed by atoms with Gasteiger partial charge >= 0.3 is 0 Å². The van der Waals surface area contributed by atoms with Gasteiger partial charge in [-0.3, -0.25) is 9.36 Å². The van der Waals surface area contributed by atoms with E-state index in [2.05, 4.69) is 22.4 Å². The summed E-state index contributed by atoms with van der Waals surface area (Å²) in [6.07, 6.45) is 7.51. The summed E-state index contributed by atoms with van der Waals surface area (Å²) in [6.45, 7) is 4.06. The predicted molar refractivity (Wildman–Crippen MR) is 92.0 cm³/mol. The van der Waals surface area contributed by atoms with Crippen LogP contribution in [-0.2, 0) is 9.53 Å². The number of hydrogen-bond acceptors (Lipinski definition) is 4. The normalized spacial score (nSPS) is 22.1. The highest BCUT2D eigenvalue weighted by molar-refractivity contribution is 5.94. The Morgan fingerprint density at radius 2 is 2.12 bits per heavy atom. The third-order valence-electron chi connectivity index (χ3n) is 4.48. The molecule has 1 aromatic heterocycles. The van der Waals surface area contributed by atoms with E-state index >= 15 is 0 Å². The number of amides is 1. The van der Waals surface area contributed by atoms with E-state index in [0.717, 1.165) is 24.2 Å². The number of benzene rings is 1. The van der Waals surface area contributed by atoms with Crippen LogP contribution >= 0.6 is 0 Å². The van der Waals surface area contributed by atoms with Crippen molar-refractivity contribution in [3.05, 3.63) is 36.9 Å². The molecule has 3 atom stereocenters. The SMILES string of the molecule is CC1CCCC(OC(C)C(=O)Nc2cccc(-n3cnnc3)c2)C1. The van der Waals surface area contributed by atoms with E-state index in [1.54, 1.807) is 17.2 Å². The summed E-state index contributed by atoms with van der Waals surface area (Å²) in [4.78, 5) is 12.4. The molecular weight excluding hydrogens is 304 g/mol. The first-order valence-electron chi connectivity index (χ1n) is 8.53. The molecule has 1 aliphatic carbocycles. The molecule has 128 valence electrons. The van der Waals surface area contributed by atoms with Crippen LogP contribution in [-0.4, -0.2) is 32.9 Å². The maximum atomic E-state index is 12.4. The third-order valence-corrected chi connectivity index (χ3v) is 4.48. The number of carbonyl (C=O) groups is 1. The molecule has 6 heteroatoms. The minimum absolute atomic E-state index is 0.117. The average Bonchev–Trinajstić information content (AvgIpc) is 3.09. The van der Waals surface area contributed by atoms with Crippen LogP contribution in [0.4, 0.5) is 5.69 Å². The van der Waals surface area contributed by atoms with Crippen molar-refractivity contribution in [2.45, 2.75) is 51.7 Å². The molecule has 2 aromatic rings. The van der Waals surface area contributed by atoms with Crippen molar-refractivity contribution in [2.75, 3.05) is 5.32 Å². The Labute approximate surface area is 142 Å². The first kappa shape index (κ1) is 16.6. The maximum absolute atomic E-state index is 12.4. The van der Waals surface area contributed by atoms with Gasteiger partial charge in [-0.25, -0.2) is 0 Å². The van der Waals surface area contributed by atoms with Crippen LogP contribution in [0.5, 0.6) is 0 Å². The Morgan fingerprint density at radius 1 is 1.33 bits per heavy atom. The maximum Gasteiger partial charge on any atom is 0.253 e. The number of anilines is 1. The fourth-order valence-corrected chi connectivity index (χ4v) is 3.17. The number of carbonyl (C=O) groups excluding carboxylic acids is 1. The molecule has 0 saturated heterocycles. The van der Waals surface area contributed by atoms with Crippen LogP contribution in [0.1, 0.15) is 39.5 Å². The third kappa shape index (κ3) is 4.20. The summed E-state index contributed by atoms with van der Waals surface area (Å²) in [5, 5.41) is 10.5. The van der Waals surface area contributed by atoms with Crippen LogP contribution < -0.4 is 5.32 Å². The lowest BCUT2D eigenvalue weighted by molar-refractivity contribution is -0.131. The van der Waals surface area contributed by atoms with E-state index in [1.807, 2.05) is 31.2 Å². The zero-order chi connectivity index (χ0) is 16.9. The molecule has 0 spiro atoms. The molecule has 24 heavy (non-hydrogen) atoms. The van der Waals surface area contributed by atoms with Crippen LogP contribution in [0.3, 0.4) is 0 Å². The van der Waals surface area contributed by atoms with E-state index in [9.17, 15) is 4.79 Å². The molecule has 1 amide bonds. The first-order chi connectivity index (χ1) is 11.6. The summed E-state index contributed by atoms with van der Waals surface area (Å²) in [5.41, 5.74) is 1.63. The van der Waals surface area contributed by atoms with Gasteiger partial charge in [0.15, 0.2) is 0 Å². The largest absolute Gasteiger partial charge is 0.365 e. The van der Waals surface area contributed by atoms with Gasteiger partial charge in [-0.1, -0.05) is 25.8 Å². The molecule has 1 N–H and O–H groups in total. The van der Waals surface area contributed by atoms with Gasteiger partial charge in [-0.2, -0.15) is 0 Å². The van der Waals surface area contributed by atoms with Crippen LogP contribution in [0.25, 0.3) is 5.69 Å². The summed E-state index contributed by atoms with van der Waals surface area (Å²) in [5.74, 6) is 0.564. The van der Waals surface area contributed by atoms with E-state index in [0.29, 0.717) is 5.92 Å². The van der Waals surface area contributed by atoms with Crippen molar-refractivity contribution in [1.82, 2.24) is 14.8 Å². The second kappa shape index (κ2) is 7.57. The number of nitrogens with one attached hydrogen (secondary N) is 1. The Bertz CT molecular complexity index is 671. The number of ether oxygens (including phenoxy) is 1. The molecule has 0 bridgehead atoms. The molecule has 0 aliphatic heterocycles. The molecule has 1 aliphatic rings. The van der Waals surface area contributed by atoms with Gasteiger partial charge < -0.3 is 10.1 Å². The fourth-order valence-electron chi connectivity index (χ4n) is 3.17. The van der Waals surface area contributed by atoms with Crippen molar-refractivity contribution in [3.63, 3.8) is 0 Å². The lowest BCUT2D eigenvalue weighted by atomic mass is 9.88. The molecule has 3 unspecified atom stereocenters. The Morgan fingerprint density at radius 3 is 2.88 bits per heavy atom. The summed E-state index contributed by atoms with van der Waals surface area (Å²) < 4.78 is 7.75. The number of rotatable bonds is 5. The van der Waals surface area contributed by atoms with Crippen LogP contribution in [0, 0.1) is 5.92 Å². The summed E-state index contributed by atoms with van der Waals surface area (Å²) in [6, 6.07) is 7.57. The molecule has 6 nitrogen and oxygen atoms in total. The van der Waals surface area contributed by atoms with Gasteiger partial charge in [0, 0.05) is 5.69 Å². The van der Waals surface area contributed by atoms with Crippen LogP contribution in [0.2, 0.25) is 0 Å². The van der Waals surface area contributed by atoms with Gasteiger partial charge in [-0.05, 0) is 43.9 Å². The monoisotopic (exact) mass is 328 g/mol. The molecule has 1 saturated carbocycles. The van der Waals surface area contributed by atoms with Gasteiger partial charge in [0.1, 0.15) is 18.8 Å². The number of nitrogens with zero attached hydrogens (tertiary/aromatic N) is 3. The number of aromatic nitrogens is 3. The quantitative estimate of drug-likeness (QED) is 0.915. The highest BCUT2D eigenvalue weighted by atomic mass is 16.5. The Balaban J connectivity index is 1.59. The van der Waals surface area contributed by atoms with Crippen molar-refractivity contribution in [2.24, 2.45) is 5.92 Å². The van der Waals surface area contributed by atoms with Gasteiger partial charge in [0.05, 0.1) is 11.8 Å². The zero-order valence-corrected chi connectivity index (χ0v) is 14.2. The van der Waals surface area contributed by atoms with E-state index in [-0.39, 0.29) is 12.0 Å². The molecule has 3 rings (SSSR count).